The van der Waals surface area contributed by atoms with E-state index in [1.54, 1.807) is 55.5 Å². The second-order valence-electron chi connectivity index (χ2n) is 7.56. The van der Waals surface area contributed by atoms with E-state index >= 15 is 0 Å². The Morgan fingerprint density at radius 2 is 1.69 bits per heavy atom. The summed E-state index contributed by atoms with van der Waals surface area (Å²) in [4.78, 5) is 44.7. The zero-order valence-electron chi connectivity index (χ0n) is 18.7. The summed E-state index contributed by atoms with van der Waals surface area (Å²) in [6.45, 7) is 1.37. The molecule has 0 bridgehead atoms. The number of hydrogen-bond donors (Lipinski definition) is 1. The highest BCUT2D eigenvalue weighted by Gasteiger charge is 2.35. The number of carbonyl (C=O) groups is 3. The number of carbonyl (C=O) groups excluding carboxylic acids is 3. The molecule has 1 atom stereocenters. The minimum absolute atomic E-state index is 0.131. The molecular weight excluding hydrogens is 473 g/mol. The Balaban J connectivity index is 1.84. The number of benzene rings is 3. The van der Waals surface area contributed by atoms with E-state index in [0.717, 1.165) is 0 Å². The van der Waals surface area contributed by atoms with Crippen molar-refractivity contribution in [2.75, 3.05) is 18.1 Å². The van der Waals surface area contributed by atoms with Crippen molar-refractivity contribution in [1.82, 2.24) is 5.32 Å². The van der Waals surface area contributed by atoms with Gasteiger partial charge in [0.25, 0.3) is 11.8 Å². The maximum absolute atomic E-state index is 14.9. The minimum Gasteiger partial charge on any atom is -0.465 e. The molecule has 0 aliphatic carbocycles. The number of esters is 1. The number of ether oxygens (including phenoxy) is 1. The number of halogens is 2. The Labute approximate surface area is 206 Å². The third-order valence-corrected chi connectivity index (χ3v) is 5.65. The Bertz CT molecular complexity index is 1330. The number of hydrogen-bond acceptors (Lipinski definition) is 5. The number of aliphatic imine (C=N–C) groups is 1. The first-order valence-corrected chi connectivity index (χ1v) is 11.2. The topological polar surface area (TPSA) is 88.1 Å². The fourth-order valence-electron chi connectivity index (χ4n) is 3.74. The molecule has 4 rings (SSSR count). The van der Waals surface area contributed by atoms with Crippen molar-refractivity contribution >= 4 is 40.8 Å². The van der Waals surface area contributed by atoms with E-state index in [1.807, 2.05) is 0 Å². The number of nitrogens with zero attached hydrogens (tertiary/aromatic N) is 2. The van der Waals surface area contributed by atoms with Gasteiger partial charge in [0.1, 0.15) is 12.4 Å². The van der Waals surface area contributed by atoms with Crippen molar-refractivity contribution in [3.05, 3.63) is 100 Å². The number of rotatable bonds is 6. The maximum Gasteiger partial charge on any atom is 0.326 e. The molecule has 1 N–H and O–H groups in total. The first-order valence-electron chi connectivity index (χ1n) is 10.8. The quantitative estimate of drug-likeness (QED) is 0.526. The molecule has 9 heteroatoms. The van der Waals surface area contributed by atoms with E-state index < -0.39 is 36.3 Å². The lowest BCUT2D eigenvalue weighted by atomic mass is 10.00. The van der Waals surface area contributed by atoms with Gasteiger partial charge in [-0.25, -0.2) is 9.38 Å². The van der Waals surface area contributed by atoms with Gasteiger partial charge in [-0.3, -0.25) is 19.3 Å². The summed E-state index contributed by atoms with van der Waals surface area (Å²) in [7, 11) is 0. The molecule has 0 radical (unpaired) electrons. The van der Waals surface area contributed by atoms with Gasteiger partial charge in [-0.15, -0.1) is 0 Å². The fraction of sp³-hybridized carbons (Fsp3) is 0.154. The maximum atomic E-state index is 14.9. The first kappa shape index (κ1) is 24.1. The molecule has 0 saturated heterocycles. The Kier molecular flexibility index (Phi) is 7.22. The third-order valence-electron chi connectivity index (χ3n) is 5.32. The highest BCUT2D eigenvalue weighted by atomic mass is 35.5. The molecule has 1 aliphatic rings. The highest BCUT2D eigenvalue weighted by Crippen LogP contribution is 2.29. The third kappa shape index (κ3) is 5.07. The van der Waals surface area contributed by atoms with Crippen LogP contribution in [0.5, 0.6) is 0 Å². The summed E-state index contributed by atoms with van der Waals surface area (Å²) >= 11 is 6.15. The van der Waals surface area contributed by atoms with Gasteiger partial charge < -0.3 is 10.1 Å². The van der Waals surface area contributed by atoms with Crippen LogP contribution in [0.4, 0.5) is 10.1 Å². The van der Waals surface area contributed by atoms with Crippen LogP contribution < -0.4 is 10.2 Å². The van der Waals surface area contributed by atoms with Crippen LogP contribution in [-0.2, 0) is 14.3 Å². The average molecular weight is 494 g/mol. The normalized spacial score (nSPS) is 15.1. The Morgan fingerprint density at radius 3 is 2.40 bits per heavy atom. The summed E-state index contributed by atoms with van der Waals surface area (Å²) in [6, 6.07) is 19.0. The van der Waals surface area contributed by atoms with Gasteiger partial charge in [0.05, 0.1) is 28.6 Å². The smallest absolute Gasteiger partial charge is 0.326 e. The molecule has 0 fully saturated rings. The number of amides is 2. The largest absolute Gasteiger partial charge is 0.465 e. The fourth-order valence-corrected chi connectivity index (χ4v) is 3.96. The molecule has 1 aliphatic heterocycles. The first-order chi connectivity index (χ1) is 16.9. The Morgan fingerprint density at radius 1 is 1.03 bits per heavy atom. The van der Waals surface area contributed by atoms with E-state index in [2.05, 4.69) is 10.3 Å². The molecule has 0 spiro atoms. The van der Waals surface area contributed by atoms with Gasteiger partial charge in [-0.05, 0) is 37.3 Å². The molecule has 178 valence electrons. The van der Waals surface area contributed by atoms with Crippen LogP contribution in [-0.4, -0.2) is 42.8 Å². The van der Waals surface area contributed by atoms with Crippen LogP contribution in [0.2, 0.25) is 5.02 Å². The lowest BCUT2D eigenvalue weighted by molar-refractivity contribution is -0.142. The van der Waals surface area contributed by atoms with Crippen LogP contribution in [0.1, 0.15) is 28.4 Å². The summed E-state index contributed by atoms with van der Waals surface area (Å²) in [5, 5.41) is 2.77. The zero-order chi connectivity index (χ0) is 24.9. The molecule has 35 heavy (non-hydrogen) atoms. The number of nitrogens with one attached hydrogen (secondary N) is 1. The van der Waals surface area contributed by atoms with Crippen LogP contribution >= 0.6 is 11.6 Å². The van der Waals surface area contributed by atoms with Crippen molar-refractivity contribution < 1.29 is 23.5 Å². The van der Waals surface area contributed by atoms with Crippen LogP contribution in [0.25, 0.3) is 0 Å². The molecule has 0 saturated carbocycles. The predicted octanol–water partition coefficient (Wildman–Crippen LogP) is 3.98. The van der Waals surface area contributed by atoms with Crippen LogP contribution in [0, 0.1) is 5.82 Å². The van der Waals surface area contributed by atoms with E-state index in [1.165, 1.54) is 29.2 Å². The van der Waals surface area contributed by atoms with Crippen LogP contribution in [0.3, 0.4) is 0 Å². The Hall–Kier alpha value is -4.04. The van der Waals surface area contributed by atoms with Crippen molar-refractivity contribution in [3.8, 4) is 0 Å². The van der Waals surface area contributed by atoms with Gasteiger partial charge in [0, 0.05) is 11.1 Å². The van der Waals surface area contributed by atoms with Crippen molar-refractivity contribution in [3.63, 3.8) is 0 Å². The molecule has 3 aromatic carbocycles. The SMILES string of the molecule is CCOC(=O)CN1C(=O)[C@@H](NC(=O)c2ccccc2Cl)N=C(c2ccccc2F)c2ccccc21. The predicted molar refractivity (Wildman–Crippen MR) is 130 cm³/mol. The summed E-state index contributed by atoms with van der Waals surface area (Å²) in [5.74, 6) is -2.52. The van der Waals surface area contributed by atoms with E-state index in [0.29, 0.717) is 11.3 Å². The van der Waals surface area contributed by atoms with Crippen molar-refractivity contribution in [2.45, 2.75) is 13.1 Å². The number of benzodiazepines with no additional fused rings is 1. The molecule has 2 amide bonds. The van der Waals surface area contributed by atoms with Gasteiger partial charge in [-0.2, -0.15) is 0 Å². The lowest BCUT2D eigenvalue weighted by Crippen LogP contribution is -2.49. The zero-order valence-corrected chi connectivity index (χ0v) is 19.5. The summed E-state index contributed by atoms with van der Waals surface area (Å²) in [6.07, 6.45) is -1.46. The lowest BCUT2D eigenvalue weighted by Gasteiger charge is -2.24. The molecule has 7 nitrogen and oxygen atoms in total. The molecular formula is C26H21ClFN3O4. The minimum atomic E-state index is -1.46. The molecule has 0 aromatic heterocycles. The van der Waals surface area contributed by atoms with Crippen molar-refractivity contribution in [2.24, 2.45) is 4.99 Å². The molecule has 0 unspecified atom stereocenters. The van der Waals surface area contributed by atoms with Gasteiger partial charge >= 0.3 is 5.97 Å². The molecule has 1 heterocycles. The number of anilines is 1. The average Bonchev–Trinajstić information content (AvgIpc) is 2.95. The molecule has 3 aromatic rings. The van der Waals surface area contributed by atoms with E-state index in [4.69, 9.17) is 16.3 Å². The van der Waals surface area contributed by atoms with Gasteiger partial charge in [0.2, 0.25) is 6.17 Å². The van der Waals surface area contributed by atoms with Gasteiger partial charge in [-0.1, -0.05) is 54.1 Å². The number of fused-ring (bicyclic) bond motifs is 1. The summed E-state index contributed by atoms with van der Waals surface area (Å²) < 4.78 is 19.9. The monoisotopic (exact) mass is 493 g/mol. The second kappa shape index (κ2) is 10.5. The second-order valence-corrected chi connectivity index (χ2v) is 7.97. The van der Waals surface area contributed by atoms with E-state index in [-0.39, 0.29) is 28.5 Å². The van der Waals surface area contributed by atoms with E-state index in [9.17, 15) is 18.8 Å². The standard InChI is InChI=1S/C26H21ClFN3O4/c1-2-35-22(32)15-31-21-14-8-5-11-18(21)23(17-10-4-7-13-20(17)28)29-24(26(31)34)30-25(33)16-9-3-6-12-19(16)27/h3-14,24H,2,15H2,1H3,(H,30,33)/t24-/m1/s1. The van der Waals surface area contributed by atoms with Crippen molar-refractivity contribution in [1.29, 1.82) is 0 Å². The highest BCUT2D eigenvalue weighted by molar-refractivity contribution is 6.34. The van der Waals surface area contributed by atoms with Crippen LogP contribution in [0.15, 0.2) is 77.8 Å². The number of para-hydroxylation sites is 1. The van der Waals surface area contributed by atoms with Gasteiger partial charge in [0.15, 0.2) is 0 Å². The summed E-state index contributed by atoms with van der Waals surface area (Å²) in [5.41, 5.74) is 1.20.